The summed E-state index contributed by atoms with van der Waals surface area (Å²) in [5, 5.41) is 4.49. The molecule has 0 bridgehead atoms. The van der Waals surface area contributed by atoms with Gasteiger partial charge < -0.3 is 10.2 Å². The molecule has 7 nitrogen and oxygen atoms in total. The smallest absolute Gasteiger partial charge is 0.254 e. The van der Waals surface area contributed by atoms with Gasteiger partial charge >= 0.3 is 0 Å². The van der Waals surface area contributed by atoms with Crippen molar-refractivity contribution >= 4 is 38.9 Å². The molecule has 2 heterocycles. The molecule has 1 N–H and O–H groups in total. The van der Waals surface area contributed by atoms with Gasteiger partial charge in [-0.25, -0.2) is 12.8 Å². The number of amides is 2. The molecule has 0 atom stereocenters. The first kappa shape index (κ1) is 23.1. The zero-order valence-corrected chi connectivity index (χ0v) is 19.5. The number of nitrogens with one attached hydrogen (secondary N) is 1. The Kier molecular flexibility index (Phi) is 6.59. The molecule has 1 aliphatic heterocycles. The second-order valence-corrected chi connectivity index (χ2v) is 10.6. The van der Waals surface area contributed by atoms with Crippen LogP contribution in [0, 0.1) is 5.82 Å². The van der Waals surface area contributed by atoms with E-state index in [4.69, 9.17) is 0 Å². The minimum atomic E-state index is -3.78. The van der Waals surface area contributed by atoms with Crippen molar-refractivity contribution in [3.63, 3.8) is 0 Å². The molecule has 0 unspecified atom stereocenters. The Morgan fingerprint density at radius 3 is 2.73 bits per heavy atom. The van der Waals surface area contributed by atoms with E-state index in [1.807, 2.05) is 11.4 Å². The average Bonchev–Trinajstić information content (AvgIpc) is 3.26. The molecule has 4 rings (SSSR count). The van der Waals surface area contributed by atoms with E-state index in [-0.39, 0.29) is 22.7 Å². The van der Waals surface area contributed by atoms with Crippen LogP contribution in [0.15, 0.2) is 64.9 Å². The van der Waals surface area contributed by atoms with Gasteiger partial charge in [-0.3, -0.25) is 9.59 Å². The monoisotopic (exact) mass is 487 g/mol. The van der Waals surface area contributed by atoms with Crippen LogP contribution in [0.5, 0.6) is 0 Å². The first-order valence-corrected chi connectivity index (χ1v) is 12.5. The Morgan fingerprint density at radius 1 is 1.15 bits per heavy atom. The van der Waals surface area contributed by atoms with Crippen LogP contribution in [-0.4, -0.2) is 49.6 Å². The maximum Gasteiger partial charge on any atom is 0.254 e. The summed E-state index contributed by atoms with van der Waals surface area (Å²) in [5.41, 5.74) is 1.45. The SMILES string of the molecule is CN(CC(=O)Nc1cccc(F)c1)C(=O)c1cccc(S(=O)(=O)N2CCc3sccc3C2)c1. The normalized spacial score (nSPS) is 13.9. The molecule has 0 spiro atoms. The number of nitrogens with zero attached hydrogens (tertiary/aromatic N) is 2. The van der Waals surface area contributed by atoms with E-state index in [9.17, 15) is 22.4 Å². The molecule has 2 amide bonds. The second kappa shape index (κ2) is 9.42. The highest BCUT2D eigenvalue weighted by atomic mass is 32.2. The van der Waals surface area contributed by atoms with Crippen molar-refractivity contribution in [3.8, 4) is 0 Å². The Labute approximate surface area is 195 Å². The van der Waals surface area contributed by atoms with Crippen molar-refractivity contribution in [3.05, 3.63) is 81.8 Å². The zero-order chi connectivity index (χ0) is 23.6. The molecule has 1 aromatic heterocycles. The van der Waals surface area contributed by atoms with Gasteiger partial charge in [0.2, 0.25) is 15.9 Å². The van der Waals surface area contributed by atoms with Gasteiger partial charge in [-0.2, -0.15) is 4.31 Å². The number of likely N-dealkylation sites (N-methyl/N-ethyl adjacent to an activating group) is 1. The molecule has 0 radical (unpaired) electrons. The number of halogens is 1. The van der Waals surface area contributed by atoms with Gasteiger partial charge in [0, 0.05) is 36.3 Å². The first-order chi connectivity index (χ1) is 15.7. The van der Waals surface area contributed by atoms with E-state index in [2.05, 4.69) is 5.32 Å². The Bertz CT molecular complexity index is 1310. The van der Waals surface area contributed by atoms with Crippen LogP contribution in [0.1, 0.15) is 20.8 Å². The molecule has 0 saturated heterocycles. The van der Waals surface area contributed by atoms with Crippen LogP contribution < -0.4 is 5.32 Å². The molecule has 3 aromatic rings. The molecule has 0 saturated carbocycles. The number of rotatable bonds is 6. The lowest BCUT2D eigenvalue weighted by molar-refractivity contribution is -0.116. The van der Waals surface area contributed by atoms with Crippen molar-refractivity contribution in [2.75, 3.05) is 25.5 Å². The molecule has 33 heavy (non-hydrogen) atoms. The van der Waals surface area contributed by atoms with Crippen LogP contribution in [0.25, 0.3) is 0 Å². The van der Waals surface area contributed by atoms with E-state index < -0.39 is 27.7 Å². The lowest BCUT2D eigenvalue weighted by Crippen LogP contribution is -2.36. The third kappa shape index (κ3) is 5.13. The van der Waals surface area contributed by atoms with Crippen molar-refractivity contribution in [2.45, 2.75) is 17.9 Å². The maximum atomic E-state index is 13.3. The third-order valence-corrected chi connectivity index (χ3v) is 8.19. The van der Waals surface area contributed by atoms with Crippen molar-refractivity contribution in [2.24, 2.45) is 0 Å². The highest BCUT2D eigenvalue weighted by molar-refractivity contribution is 7.89. The molecule has 0 fully saturated rings. The van der Waals surface area contributed by atoms with Gasteiger partial charge in [0.15, 0.2) is 0 Å². The number of anilines is 1. The predicted molar refractivity (Wildman–Crippen MR) is 124 cm³/mol. The van der Waals surface area contributed by atoms with Gasteiger partial charge in [-0.1, -0.05) is 12.1 Å². The lowest BCUT2D eigenvalue weighted by atomic mass is 10.1. The second-order valence-electron chi connectivity index (χ2n) is 7.71. The summed E-state index contributed by atoms with van der Waals surface area (Å²) in [5.74, 6) is -1.49. The summed E-state index contributed by atoms with van der Waals surface area (Å²) < 4.78 is 41.1. The molecule has 2 aromatic carbocycles. The van der Waals surface area contributed by atoms with Crippen molar-refractivity contribution < 1.29 is 22.4 Å². The first-order valence-electron chi connectivity index (χ1n) is 10.2. The summed E-state index contributed by atoms with van der Waals surface area (Å²) in [4.78, 5) is 27.5. The highest BCUT2D eigenvalue weighted by Crippen LogP contribution is 2.28. The Hall–Kier alpha value is -3.08. The number of thiophene rings is 1. The number of fused-ring (bicyclic) bond motifs is 1. The zero-order valence-electron chi connectivity index (χ0n) is 17.8. The molecular formula is C23H22FN3O4S2. The number of hydrogen-bond donors (Lipinski definition) is 1. The fourth-order valence-corrected chi connectivity index (χ4v) is 6.00. The molecule has 0 aliphatic carbocycles. The Balaban J connectivity index is 1.45. The third-order valence-electron chi connectivity index (χ3n) is 5.33. The fraction of sp³-hybridized carbons (Fsp3) is 0.217. The summed E-state index contributed by atoms with van der Waals surface area (Å²) in [6.45, 7) is 0.410. The largest absolute Gasteiger partial charge is 0.332 e. The highest BCUT2D eigenvalue weighted by Gasteiger charge is 2.29. The summed E-state index contributed by atoms with van der Waals surface area (Å²) in [7, 11) is -2.34. The summed E-state index contributed by atoms with van der Waals surface area (Å²) in [6.07, 6.45) is 0.661. The van der Waals surface area contributed by atoms with Gasteiger partial charge in [0.05, 0.1) is 11.4 Å². The van der Waals surface area contributed by atoms with Gasteiger partial charge in [0.25, 0.3) is 5.91 Å². The van der Waals surface area contributed by atoms with E-state index in [0.29, 0.717) is 19.5 Å². The van der Waals surface area contributed by atoms with Crippen LogP contribution in [0.4, 0.5) is 10.1 Å². The van der Waals surface area contributed by atoms with Gasteiger partial charge in [-0.15, -0.1) is 11.3 Å². The van der Waals surface area contributed by atoms with E-state index >= 15 is 0 Å². The van der Waals surface area contributed by atoms with Crippen molar-refractivity contribution in [1.29, 1.82) is 0 Å². The fourth-order valence-electron chi connectivity index (χ4n) is 3.64. The minimum Gasteiger partial charge on any atom is -0.332 e. The molecule has 10 heteroatoms. The summed E-state index contributed by atoms with van der Waals surface area (Å²) >= 11 is 1.63. The van der Waals surface area contributed by atoms with Crippen molar-refractivity contribution in [1.82, 2.24) is 9.21 Å². The number of carbonyl (C=O) groups is 2. The summed E-state index contributed by atoms with van der Waals surface area (Å²) in [6, 6.07) is 13.2. The predicted octanol–water partition coefficient (Wildman–Crippen LogP) is 3.34. The lowest BCUT2D eigenvalue weighted by Gasteiger charge is -2.26. The van der Waals surface area contributed by atoms with Crippen LogP contribution in [0.2, 0.25) is 0 Å². The topological polar surface area (TPSA) is 86.8 Å². The minimum absolute atomic E-state index is 0.0321. The number of hydrogen-bond acceptors (Lipinski definition) is 5. The molecular weight excluding hydrogens is 465 g/mol. The van der Waals surface area contributed by atoms with Gasteiger partial charge in [-0.05, 0) is 59.8 Å². The Morgan fingerprint density at radius 2 is 1.94 bits per heavy atom. The maximum absolute atomic E-state index is 13.3. The number of benzene rings is 2. The quantitative estimate of drug-likeness (QED) is 0.578. The number of sulfonamides is 1. The van der Waals surface area contributed by atoms with E-state index in [1.54, 1.807) is 11.3 Å². The van der Waals surface area contributed by atoms with E-state index in [1.165, 1.54) is 69.7 Å². The number of carbonyl (C=O) groups excluding carboxylic acids is 2. The van der Waals surface area contributed by atoms with Crippen LogP contribution in [-0.2, 0) is 27.8 Å². The van der Waals surface area contributed by atoms with Crippen LogP contribution in [0.3, 0.4) is 0 Å². The van der Waals surface area contributed by atoms with Gasteiger partial charge in [0.1, 0.15) is 5.82 Å². The molecule has 172 valence electrons. The van der Waals surface area contributed by atoms with E-state index in [0.717, 1.165) is 5.56 Å². The standard InChI is InChI=1S/C23H22FN3O4S2/c1-26(15-22(28)25-19-6-3-5-18(24)13-19)23(29)16-4-2-7-20(12-16)33(30,31)27-10-8-21-17(14-27)9-11-32-21/h2-7,9,11-13H,8,10,14-15H2,1H3,(H,25,28). The average molecular weight is 488 g/mol. The van der Waals surface area contributed by atoms with Crippen LogP contribution >= 0.6 is 11.3 Å². The molecule has 1 aliphatic rings.